The zero-order valence-electron chi connectivity index (χ0n) is 13.5. The molecule has 0 aliphatic heterocycles. The van der Waals surface area contributed by atoms with Gasteiger partial charge in [0.2, 0.25) is 0 Å². The third-order valence-electron chi connectivity index (χ3n) is 3.79. The lowest BCUT2D eigenvalue weighted by Gasteiger charge is -2.18. The van der Waals surface area contributed by atoms with Crippen LogP contribution in [0.2, 0.25) is 0 Å². The molecule has 126 valence electrons. The molecule has 1 unspecified atom stereocenters. The van der Waals surface area contributed by atoms with Gasteiger partial charge in [0.1, 0.15) is 5.82 Å². The molecule has 0 bridgehead atoms. The molecule has 0 saturated heterocycles. The van der Waals surface area contributed by atoms with Gasteiger partial charge in [-0.15, -0.1) is 0 Å². The smallest absolute Gasteiger partial charge is 0.303 e. The van der Waals surface area contributed by atoms with Crippen molar-refractivity contribution < 1.29 is 19.1 Å². The van der Waals surface area contributed by atoms with Crippen LogP contribution in [0, 0.1) is 12.7 Å². The van der Waals surface area contributed by atoms with Gasteiger partial charge in [-0.1, -0.05) is 30.3 Å². The van der Waals surface area contributed by atoms with Crippen molar-refractivity contribution in [3.63, 3.8) is 0 Å². The van der Waals surface area contributed by atoms with Crippen molar-refractivity contribution in [3.8, 4) is 0 Å². The summed E-state index contributed by atoms with van der Waals surface area (Å²) >= 11 is 0. The molecule has 2 rings (SSSR count). The topological polar surface area (TPSA) is 66.4 Å². The zero-order valence-corrected chi connectivity index (χ0v) is 13.5. The van der Waals surface area contributed by atoms with E-state index in [1.165, 1.54) is 18.2 Å². The maximum absolute atomic E-state index is 13.3. The molecule has 1 amide bonds. The van der Waals surface area contributed by atoms with E-state index in [9.17, 15) is 14.0 Å². The molecule has 0 heterocycles. The number of hydrogen-bond acceptors (Lipinski definition) is 2. The van der Waals surface area contributed by atoms with Crippen LogP contribution in [0.15, 0.2) is 48.5 Å². The van der Waals surface area contributed by atoms with E-state index in [0.29, 0.717) is 24.0 Å². The lowest BCUT2D eigenvalue weighted by molar-refractivity contribution is -0.137. The Morgan fingerprint density at radius 2 is 1.88 bits per heavy atom. The highest BCUT2D eigenvalue weighted by Crippen LogP contribution is 2.12. The lowest BCUT2D eigenvalue weighted by atomic mass is 10.0. The fourth-order valence-corrected chi connectivity index (χ4v) is 2.48. The van der Waals surface area contributed by atoms with Crippen LogP contribution in [0.1, 0.15) is 34.3 Å². The summed E-state index contributed by atoms with van der Waals surface area (Å²) in [5.41, 5.74) is 1.78. The van der Waals surface area contributed by atoms with Crippen LogP contribution in [0.5, 0.6) is 0 Å². The molecule has 2 aromatic rings. The van der Waals surface area contributed by atoms with Crippen molar-refractivity contribution in [2.24, 2.45) is 0 Å². The molecule has 0 fully saturated rings. The number of rotatable bonds is 7. The van der Waals surface area contributed by atoms with Gasteiger partial charge in [-0.3, -0.25) is 9.59 Å². The first-order valence-corrected chi connectivity index (χ1v) is 7.78. The molecule has 2 aromatic carbocycles. The van der Waals surface area contributed by atoms with Crippen molar-refractivity contribution in [2.75, 3.05) is 0 Å². The summed E-state index contributed by atoms with van der Waals surface area (Å²) in [5, 5.41) is 11.8. The number of carboxylic acids is 1. The van der Waals surface area contributed by atoms with Gasteiger partial charge in [0.25, 0.3) is 5.91 Å². The number of hydrogen-bond donors (Lipinski definition) is 2. The minimum atomic E-state index is -0.903. The molecule has 24 heavy (non-hydrogen) atoms. The molecule has 0 spiro atoms. The molecular weight excluding hydrogens is 309 g/mol. The van der Waals surface area contributed by atoms with Gasteiger partial charge >= 0.3 is 5.97 Å². The van der Waals surface area contributed by atoms with E-state index in [-0.39, 0.29) is 24.2 Å². The van der Waals surface area contributed by atoms with E-state index in [1.54, 1.807) is 6.92 Å². The largest absolute Gasteiger partial charge is 0.481 e. The maximum atomic E-state index is 13.3. The van der Waals surface area contributed by atoms with E-state index in [0.717, 1.165) is 5.56 Å². The Bertz CT molecular complexity index is 716. The Kier molecular flexibility index (Phi) is 6.07. The quantitative estimate of drug-likeness (QED) is 0.819. The maximum Gasteiger partial charge on any atom is 0.303 e. The van der Waals surface area contributed by atoms with E-state index < -0.39 is 5.97 Å². The van der Waals surface area contributed by atoms with E-state index in [1.807, 2.05) is 30.3 Å². The summed E-state index contributed by atoms with van der Waals surface area (Å²) in [4.78, 5) is 23.2. The van der Waals surface area contributed by atoms with Crippen molar-refractivity contribution >= 4 is 11.9 Å². The number of carbonyl (C=O) groups excluding carboxylic acids is 1. The Labute approximate surface area is 140 Å². The number of halogens is 1. The first-order valence-electron chi connectivity index (χ1n) is 7.78. The van der Waals surface area contributed by atoms with Crippen LogP contribution in [0.3, 0.4) is 0 Å². The number of aryl methyl sites for hydroxylation is 1. The Morgan fingerprint density at radius 1 is 1.17 bits per heavy atom. The van der Waals surface area contributed by atoms with Crippen molar-refractivity contribution in [3.05, 3.63) is 71.0 Å². The second kappa shape index (κ2) is 8.24. The van der Waals surface area contributed by atoms with Gasteiger partial charge in [0, 0.05) is 18.0 Å². The van der Waals surface area contributed by atoms with Gasteiger partial charge in [-0.2, -0.15) is 0 Å². The summed E-state index contributed by atoms with van der Waals surface area (Å²) in [7, 11) is 0. The van der Waals surface area contributed by atoms with Crippen LogP contribution >= 0.6 is 0 Å². The summed E-state index contributed by atoms with van der Waals surface area (Å²) in [6, 6.07) is 13.4. The summed E-state index contributed by atoms with van der Waals surface area (Å²) < 4.78 is 13.3. The predicted molar refractivity (Wildman–Crippen MR) is 89.4 cm³/mol. The minimum absolute atomic E-state index is 0.0276. The number of amides is 1. The molecule has 2 N–H and O–H groups in total. The molecule has 0 saturated carbocycles. The fraction of sp³-hybridized carbons (Fsp3) is 0.263. The Morgan fingerprint density at radius 3 is 2.50 bits per heavy atom. The number of carbonyl (C=O) groups is 2. The number of aliphatic carboxylic acids is 1. The SMILES string of the molecule is Cc1cc(C(=O)NC(CCC(=O)O)Cc2ccccc2)ccc1F. The summed E-state index contributed by atoms with van der Waals surface area (Å²) in [5.74, 6) is -1.59. The monoisotopic (exact) mass is 329 g/mol. The van der Waals surface area contributed by atoms with E-state index >= 15 is 0 Å². The minimum Gasteiger partial charge on any atom is -0.481 e. The van der Waals surface area contributed by atoms with Gasteiger partial charge in [-0.05, 0) is 49.1 Å². The average Bonchev–Trinajstić information content (AvgIpc) is 2.56. The third-order valence-corrected chi connectivity index (χ3v) is 3.79. The summed E-state index contributed by atoms with van der Waals surface area (Å²) in [6.07, 6.45) is 0.844. The predicted octanol–water partition coefficient (Wildman–Crippen LogP) is 3.34. The van der Waals surface area contributed by atoms with Crippen LogP contribution in [0.25, 0.3) is 0 Å². The van der Waals surface area contributed by atoms with Crippen molar-refractivity contribution in [1.82, 2.24) is 5.32 Å². The number of carboxylic acid groups (broad SMARTS) is 1. The zero-order chi connectivity index (χ0) is 17.5. The van der Waals surface area contributed by atoms with Gasteiger partial charge in [0.05, 0.1) is 0 Å². The van der Waals surface area contributed by atoms with E-state index in [2.05, 4.69) is 5.32 Å². The molecular formula is C19H20FNO3. The molecule has 0 radical (unpaired) electrons. The average molecular weight is 329 g/mol. The molecule has 0 aliphatic rings. The van der Waals surface area contributed by atoms with Crippen LogP contribution in [-0.2, 0) is 11.2 Å². The summed E-state index contributed by atoms with van der Waals surface area (Å²) in [6.45, 7) is 1.60. The first kappa shape index (κ1) is 17.7. The third kappa shape index (κ3) is 5.19. The standard InChI is InChI=1S/C19H20FNO3/c1-13-11-15(7-9-17(13)20)19(24)21-16(8-10-18(22)23)12-14-5-3-2-4-6-14/h2-7,9,11,16H,8,10,12H2,1H3,(H,21,24)(H,22,23). The van der Waals surface area contributed by atoms with Gasteiger partial charge in [0.15, 0.2) is 0 Å². The molecule has 0 aromatic heterocycles. The van der Waals surface area contributed by atoms with Gasteiger partial charge in [-0.25, -0.2) is 4.39 Å². The normalized spacial score (nSPS) is 11.8. The van der Waals surface area contributed by atoms with Crippen LogP contribution in [-0.4, -0.2) is 23.0 Å². The highest BCUT2D eigenvalue weighted by atomic mass is 19.1. The van der Waals surface area contributed by atoms with Crippen LogP contribution in [0.4, 0.5) is 4.39 Å². The Hall–Kier alpha value is -2.69. The second-order valence-electron chi connectivity index (χ2n) is 5.76. The highest BCUT2D eigenvalue weighted by molar-refractivity contribution is 5.94. The molecule has 1 atom stereocenters. The molecule has 0 aliphatic carbocycles. The highest BCUT2D eigenvalue weighted by Gasteiger charge is 2.16. The van der Waals surface area contributed by atoms with Crippen molar-refractivity contribution in [2.45, 2.75) is 32.2 Å². The molecule has 5 heteroatoms. The fourth-order valence-electron chi connectivity index (χ4n) is 2.48. The molecule has 4 nitrogen and oxygen atoms in total. The Balaban J connectivity index is 2.09. The lowest BCUT2D eigenvalue weighted by Crippen LogP contribution is -2.37. The second-order valence-corrected chi connectivity index (χ2v) is 5.76. The number of benzene rings is 2. The van der Waals surface area contributed by atoms with Crippen LogP contribution < -0.4 is 5.32 Å². The first-order chi connectivity index (χ1) is 11.5. The van der Waals surface area contributed by atoms with E-state index in [4.69, 9.17) is 5.11 Å². The van der Waals surface area contributed by atoms with Gasteiger partial charge < -0.3 is 10.4 Å². The van der Waals surface area contributed by atoms with Crippen molar-refractivity contribution in [1.29, 1.82) is 0 Å². The number of nitrogens with one attached hydrogen (secondary N) is 1.